The van der Waals surface area contributed by atoms with Crippen LogP contribution in [0.15, 0.2) is 15.5 Å². The number of nitrogens with zero attached hydrogens (tertiary/aromatic N) is 1. The summed E-state index contributed by atoms with van der Waals surface area (Å²) >= 11 is 0. The third kappa shape index (κ3) is 6.17. The third-order valence-electron chi connectivity index (χ3n) is 3.68. The third-order valence-corrected chi connectivity index (χ3v) is 5.45. The highest BCUT2D eigenvalue weighted by molar-refractivity contribution is 14.0. The molecule has 10 heteroatoms. The highest BCUT2D eigenvalue weighted by Crippen LogP contribution is 2.16. The van der Waals surface area contributed by atoms with Gasteiger partial charge in [0.15, 0.2) is 15.8 Å². The topological polar surface area (TPSA) is 110 Å². The predicted octanol–water partition coefficient (Wildman–Crippen LogP) is 1.23. The quantitative estimate of drug-likeness (QED) is 0.280. The molecule has 2 rings (SSSR count). The lowest BCUT2D eigenvalue weighted by Crippen LogP contribution is -2.44. The molecule has 8 nitrogen and oxygen atoms in total. The average Bonchev–Trinajstić information content (AvgIpc) is 3.06. The number of hydrogen-bond acceptors (Lipinski definition) is 6. The average molecular weight is 485 g/mol. The highest BCUT2D eigenvalue weighted by atomic mass is 127. The van der Waals surface area contributed by atoms with Gasteiger partial charge >= 0.3 is 5.97 Å². The molecule has 1 aliphatic rings. The van der Waals surface area contributed by atoms with Crippen LogP contribution in [-0.2, 0) is 21.1 Å². The molecule has 2 N–H and O–H groups in total. The molecule has 1 aliphatic heterocycles. The van der Waals surface area contributed by atoms with Crippen molar-refractivity contribution < 1.29 is 22.4 Å². The molecule has 1 aromatic heterocycles. The monoisotopic (exact) mass is 485 g/mol. The molecule has 142 valence electrons. The van der Waals surface area contributed by atoms with Crippen LogP contribution in [-0.4, -0.2) is 51.5 Å². The maximum atomic E-state index is 11.6. The Labute approximate surface area is 164 Å². The number of methoxy groups -OCH3 is 1. The number of nitrogens with one attached hydrogen (secondary N) is 2. The number of esters is 1. The summed E-state index contributed by atoms with van der Waals surface area (Å²) in [7, 11) is -1.64. The lowest BCUT2D eigenvalue weighted by molar-refractivity contribution is 0.0599. The zero-order valence-corrected chi connectivity index (χ0v) is 17.6. The van der Waals surface area contributed by atoms with Gasteiger partial charge in [-0.25, -0.2) is 18.2 Å². The second kappa shape index (κ2) is 9.41. The minimum Gasteiger partial charge on any atom is -0.465 e. The lowest BCUT2D eigenvalue weighted by Gasteiger charge is -2.15. The first-order chi connectivity index (χ1) is 11.3. The first kappa shape index (κ1) is 21.7. The van der Waals surface area contributed by atoms with Crippen LogP contribution in [0.3, 0.4) is 0 Å². The van der Waals surface area contributed by atoms with Crippen LogP contribution in [0.4, 0.5) is 0 Å². The molecule has 0 aromatic carbocycles. The van der Waals surface area contributed by atoms with Crippen LogP contribution < -0.4 is 10.6 Å². The number of carbonyl (C=O) groups excluding carboxylic acids is 1. The first-order valence-electron chi connectivity index (χ1n) is 7.77. The predicted molar refractivity (Wildman–Crippen MR) is 105 cm³/mol. The van der Waals surface area contributed by atoms with E-state index in [1.165, 1.54) is 7.11 Å². The molecule has 25 heavy (non-hydrogen) atoms. The summed E-state index contributed by atoms with van der Waals surface area (Å²) in [6.45, 7) is 4.49. The van der Waals surface area contributed by atoms with Crippen molar-refractivity contribution in [1.29, 1.82) is 0 Å². The first-order valence-corrected chi connectivity index (χ1v) is 9.59. The van der Waals surface area contributed by atoms with Gasteiger partial charge in [0.25, 0.3) is 0 Å². The van der Waals surface area contributed by atoms with Gasteiger partial charge in [-0.1, -0.05) is 0 Å². The van der Waals surface area contributed by atoms with Crippen LogP contribution >= 0.6 is 24.0 Å². The molecule has 1 atom stereocenters. The van der Waals surface area contributed by atoms with Gasteiger partial charge in [0.2, 0.25) is 0 Å². The van der Waals surface area contributed by atoms with E-state index in [0.29, 0.717) is 36.0 Å². The second-order valence-electron chi connectivity index (χ2n) is 5.61. The number of furan rings is 1. The summed E-state index contributed by atoms with van der Waals surface area (Å²) < 4.78 is 33.3. The summed E-state index contributed by atoms with van der Waals surface area (Å²) in [6.07, 6.45) is 0.569. The number of ether oxygens (including phenoxy) is 1. The second-order valence-corrected chi connectivity index (χ2v) is 7.84. The smallest absolute Gasteiger partial charge is 0.341 e. The van der Waals surface area contributed by atoms with Crippen LogP contribution in [0.2, 0.25) is 0 Å². The van der Waals surface area contributed by atoms with Crippen molar-refractivity contribution in [2.45, 2.75) is 32.9 Å². The Morgan fingerprint density at radius 2 is 2.20 bits per heavy atom. The molecule has 0 saturated carbocycles. The molecule has 0 amide bonds. The van der Waals surface area contributed by atoms with Gasteiger partial charge in [-0.05, 0) is 26.3 Å². The summed E-state index contributed by atoms with van der Waals surface area (Å²) in [5.41, 5.74) is 0.377. The zero-order chi connectivity index (χ0) is 17.7. The Morgan fingerprint density at radius 1 is 1.48 bits per heavy atom. The number of rotatable bonds is 5. The number of aryl methyl sites for hydroxylation is 1. The minimum absolute atomic E-state index is 0. The normalized spacial score (nSPS) is 19.2. The highest BCUT2D eigenvalue weighted by Gasteiger charge is 2.28. The molecule has 1 unspecified atom stereocenters. The van der Waals surface area contributed by atoms with E-state index in [2.05, 4.69) is 20.4 Å². The molecule has 0 aliphatic carbocycles. The largest absolute Gasteiger partial charge is 0.465 e. The van der Waals surface area contributed by atoms with Crippen molar-refractivity contribution in [2.75, 3.05) is 25.2 Å². The number of halogens is 1. The van der Waals surface area contributed by atoms with Crippen molar-refractivity contribution in [3.8, 4) is 0 Å². The summed E-state index contributed by atoms with van der Waals surface area (Å²) in [4.78, 5) is 16.0. The van der Waals surface area contributed by atoms with Gasteiger partial charge in [-0.2, -0.15) is 0 Å². The van der Waals surface area contributed by atoms with Crippen LogP contribution in [0.1, 0.15) is 35.2 Å². The zero-order valence-electron chi connectivity index (χ0n) is 14.5. The standard InChI is InChI=1S/C15H23N3O5S.HI/c1-4-16-15(18-11-5-6-24(20,21)9-11)17-8-12-7-13(10(2)23-12)14(19)22-3;/h7,11H,4-6,8-9H2,1-3H3,(H2,16,17,18);1H. The fraction of sp³-hybridized carbons (Fsp3) is 0.600. The fourth-order valence-corrected chi connectivity index (χ4v) is 4.19. The SMILES string of the molecule is CCNC(=NCc1cc(C(=O)OC)c(C)o1)NC1CCS(=O)(=O)C1.I. The molecule has 0 bridgehead atoms. The van der Waals surface area contributed by atoms with E-state index in [1.54, 1.807) is 13.0 Å². The van der Waals surface area contributed by atoms with Gasteiger partial charge in [0, 0.05) is 12.6 Å². The Hall–Kier alpha value is -1.30. The number of sulfone groups is 1. The number of carbonyl (C=O) groups is 1. The molecule has 0 radical (unpaired) electrons. The van der Waals surface area contributed by atoms with Gasteiger partial charge in [-0.15, -0.1) is 24.0 Å². The Bertz CT molecular complexity index is 730. The molecule has 1 saturated heterocycles. The van der Waals surface area contributed by atoms with Crippen LogP contribution in [0, 0.1) is 6.92 Å². The van der Waals surface area contributed by atoms with Crippen molar-refractivity contribution in [3.63, 3.8) is 0 Å². The molecule has 1 aromatic rings. The lowest BCUT2D eigenvalue weighted by atomic mass is 10.2. The number of aliphatic imine (C=N–C) groups is 1. The Balaban J connectivity index is 0.00000312. The maximum absolute atomic E-state index is 11.6. The van der Waals surface area contributed by atoms with E-state index in [1.807, 2.05) is 6.92 Å². The van der Waals surface area contributed by atoms with E-state index in [-0.39, 0.29) is 48.1 Å². The minimum atomic E-state index is -2.95. The maximum Gasteiger partial charge on any atom is 0.341 e. The summed E-state index contributed by atoms with van der Waals surface area (Å²) in [6, 6.07) is 1.46. The van der Waals surface area contributed by atoms with E-state index < -0.39 is 15.8 Å². The van der Waals surface area contributed by atoms with Gasteiger partial charge in [0.05, 0.1) is 18.6 Å². The fourth-order valence-electron chi connectivity index (χ4n) is 2.51. The summed E-state index contributed by atoms with van der Waals surface area (Å²) in [5.74, 6) is 1.39. The Morgan fingerprint density at radius 3 is 2.76 bits per heavy atom. The molecule has 1 fully saturated rings. The van der Waals surface area contributed by atoms with Crippen molar-refractivity contribution >= 4 is 45.7 Å². The molecule has 2 heterocycles. The van der Waals surface area contributed by atoms with Crippen LogP contribution in [0.5, 0.6) is 0 Å². The van der Waals surface area contributed by atoms with Crippen molar-refractivity contribution in [2.24, 2.45) is 4.99 Å². The van der Waals surface area contributed by atoms with Crippen LogP contribution in [0.25, 0.3) is 0 Å². The van der Waals surface area contributed by atoms with E-state index >= 15 is 0 Å². The molecular weight excluding hydrogens is 461 g/mol. The van der Waals surface area contributed by atoms with Crippen molar-refractivity contribution in [1.82, 2.24) is 10.6 Å². The van der Waals surface area contributed by atoms with E-state index in [4.69, 9.17) is 4.42 Å². The van der Waals surface area contributed by atoms with E-state index in [0.717, 1.165) is 0 Å². The van der Waals surface area contributed by atoms with Gasteiger partial charge in [0.1, 0.15) is 23.6 Å². The molecule has 0 spiro atoms. The van der Waals surface area contributed by atoms with Gasteiger partial charge in [-0.3, -0.25) is 0 Å². The van der Waals surface area contributed by atoms with E-state index in [9.17, 15) is 13.2 Å². The summed E-state index contributed by atoms with van der Waals surface area (Å²) in [5, 5.41) is 6.20. The van der Waals surface area contributed by atoms with Crippen molar-refractivity contribution in [3.05, 3.63) is 23.2 Å². The molecular formula is C15H24IN3O5S. The Kier molecular flexibility index (Phi) is 8.19. The number of hydrogen-bond donors (Lipinski definition) is 2. The number of guanidine groups is 1. The van der Waals surface area contributed by atoms with Gasteiger partial charge < -0.3 is 19.8 Å².